The molecule has 0 atom stereocenters. The monoisotopic (exact) mass is 312 g/mol. The number of ether oxygens (including phenoxy) is 1. The molecule has 5 heteroatoms. The van der Waals surface area contributed by atoms with E-state index in [4.69, 9.17) is 16.3 Å². The minimum Gasteiger partial charge on any atom is -0.437 e. The third-order valence-electron chi connectivity index (χ3n) is 2.09. The van der Waals surface area contributed by atoms with Gasteiger partial charge in [-0.15, -0.1) is 0 Å². The predicted molar refractivity (Wildman–Crippen MR) is 70.7 cm³/mol. The van der Waals surface area contributed by atoms with Crippen LogP contribution < -0.4 is 4.74 Å². The zero-order chi connectivity index (χ0) is 12.4. The molecule has 0 radical (unpaired) electrons. The Morgan fingerprint density at radius 2 is 1.94 bits per heavy atom. The summed E-state index contributed by atoms with van der Waals surface area (Å²) < 4.78 is 6.30. The number of benzene rings is 1. The summed E-state index contributed by atoms with van der Waals surface area (Å²) in [4.78, 5) is 8.28. The van der Waals surface area contributed by atoms with Gasteiger partial charge in [0.1, 0.15) is 16.2 Å². The van der Waals surface area contributed by atoms with Crippen molar-refractivity contribution in [2.75, 3.05) is 0 Å². The molecule has 2 aromatic rings. The van der Waals surface area contributed by atoms with E-state index >= 15 is 0 Å². The van der Waals surface area contributed by atoms with Gasteiger partial charge in [-0.1, -0.05) is 17.7 Å². The minimum atomic E-state index is 0.468. The fraction of sp³-hybridized carbons (Fsp3) is 0.167. The Morgan fingerprint density at radius 3 is 2.59 bits per heavy atom. The highest BCUT2D eigenvalue weighted by Gasteiger charge is 2.06. The number of hydrogen-bond donors (Lipinski definition) is 0. The topological polar surface area (TPSA) is 35.0 Å². The summed E-state index contributed by atoms with van der Waals surface area (Å²) in [5, 5.41) is 0.567. The van der Waals surface area contributed by atoms with E-state index in [1.165, 1.54) is 0 Å². The Kier molecular flexibility index (Phi) is 3.64. The molecule has 1 heterocycles. The van der Waals surface area contributed by atoms with Gasteiger partial charge in [0.25, 0.3) is 0 Å². The van der Waals surface area contributed by atoms with Gasteiger partial charge in [0.05, 0.1) is 5.02 Å². The van der Waals surface area contributed by atoms with Crippen LogP contribution in [0.15, 0.2) is 28.9 Å². The zero-order valence-corrected chi connectivity index (χ0v) is 11.7. The molecule has 0 aliphatic heterocycles. The van der Waals surface area contributed by atoms with Crippen molar-refractivity contribution in [2.24, 2.45) is 0 Å². The molecule has 3 nitrogen and oxygen atoms in total. The molecule has 88 valence electrons. The van der Waals surface area contributed by atoms with E-state index in [0.29, 0.717) is 27.1 Å². The van der Waals surface area contributed by atoms with Gasteiger partial charge < -0.3 is 4.74 Å². The number of nitrogens with zero attached hydrogens (tertiary/aromatic N) is 2. The van der Waals surface area contributed by atoms with Crippen LogP contribution in [0.4, 0.5) is 0 Å². The fourth-order valence-corrected chi connectivity index (χ4v) is 2.09. The normalized spacial score (nSPS) is 10.4. The van der Waals surface area contributed by atoms with Gasteiger partial charge >= 0.3 is 0 Å². The third kappa shape index (κ3) is 3.17. The highest BCUT2D eigenvalue weighted by atomic mass is 79.9. The first-order chi connectivity index (χ1) is 8.04. The van der Waals surface area contributed by atoms with Crippen LogP contribution in [0.5, 0.6) is 11.6 Å². The summed E-state index contributed by atoms with van der Waals surface area (Å²) in [6, 6.07) is 7.30. The summed E-state index contributed by atoms with van der Waals surface area (Å²) in [7, 11) is 0. The average molecular weight is 314 g/mol. The molecular weight excluding hydrogens is 304 g/mol. The summed E-state index contributed by atoms with van der Waals surface area (Å²) >= 11 is 9.37. The van der Waals surface area contributed by atoms with Crippen molar-refractivity contribution in [2.45, 2.75) is 13.8 Å². The molecule has 0 bridgehead atoms. The van der Waals surface area contributed by atoms with Gasteiger partial charge in [-0.3, -0.25) is 0 Å². The first-order valence-corrected chi connectivity index (χ1v) is 6.17. The van der Waals surface area contributed by atoms with Gasteiger partial charge in [0.2, 0.25) is 5.88 Å². The second-order valence-corrected chi connectivity index (χ2v) is 4.83. The standard InChI is InChI=1S/C12H10BrClN2O/c1-7-3-4-10(9(14)5-7)17-12-6-11(13)15-8(2)16-12/h3-6H,1-2H3. The van der Waals surface area contributed by atoms with Crippen LogP contribution in [0.25, 0.3) is 0 Å². The van der Waals surface area contributed by atoms with E-state index in [9.17, 15) is 0 Å². The van der Waals surface area contributed by atoms with Crippen LogP contribution in [-0.4, -0.2) is 9.97 Å². The Morgan fingerprint density at radius 1 is 1.18 bits per heavy atom. The Labute approximate surface area is 113 Å². The molecule has 0 fully saturated rings. The fourth-order valence-electron chi connectivity index (χ4n) is 1.36. The van der Waals surface area contributed by atoms with Crippen LogP contribution >= 0.6 is 27.5 Å². The maximum Gasteiger partial charge on any atom is 0.223 e. The van der Waals surface area contributed by atoms with Gasteiger partial charge in [-0.05, 0) is 47.5 Å². The van der Waals surface area contributed by atoms with Crippen LogP contribution in [0, 0.1) is 13.8 Å². The summed E-state index contributed by atoms with van der Waals surface area (Å²) in [6.45, 7) is 3.77. The molecular formula is C12H10BrClN2O. The Balaban J connectivity index is 2.31. The van der Waals surface area contributed by atoms with Gasteiger partial charge in [-0.25, -0.2) is 4.98 Å². The molecule has 0 aliphatic carbocycles. The molecule has 0 saturated heterocycles. The second kappa shape index (κ2) is 5.02. The largest absolute Gasteiger partial charge is 0.437 e. The summed E-state index contributed by atoms with van der Waals surface area (Å²) in [5.41, 5.74) is 1.09. The van der Waals surface area contributed by atoms with Crippen molar-refractivity contribution in [3.05, 3.63) is 45.3 Å². The zero-order valence-electron chi connectivity index (χ0n) is 9.37. The number of rotatable bonds is 2. The van der Waals surface area contributed by atoms with E-state index in [1.54, 1.807) is 13.0 Å². The number of halogens is 2. The smallest absolute Gasteiger partial charge is 0.223 e. The van der Waals surface area contributed by atoms with Gasteiger partial charge in [-0.2, -0.15) is 4.98 Å². The van der Waals surface area contributed by atoms with Crippen molar-refractivity contribution in [1.29, 1.82) is 0 Å². The molecule has 2 rings (SSSR count). The number of aryl methyl sites for hydroxylation is 2. The second-order valence-electron chi connectivity index (χ2n) is 3.61. The van der Waals surface area contributed by atoms with Crippen molar-refractivity contribution in [3.8, 4) is 11.6 Å². The van der Waals surface area contributed by atoms with Gasteiger partial charge in [0.15, 0.2) is 0 Å². The Bertz CT molecular complexity index is 540. The molecule has 1 aromatic heterocycles. The van der Waals surface area contributed by atoms with E-state index < -0.39 is 0 Å². The molecule has 0 saturated carbocycles. The van der Waals surface area contributed by atoms with Crippen LogP contribution in [0.3, 0.4) is 0 Å². The lowest BCUT2D eigenvalue weighted by Crippen LogP contribution is -1.94. The molecule has 1 aromatic carbocycles. The number of hydrogen-bond acceptors (Lipinski definition) is 3. The maximum atomic E-state index is 6.08. The first-order valence-electron chi connectivity index (χ1n) is 5.00. The maximum absolute atomic E-state index is 6.08. The van der Waals surface area contributed by atoms with E-state index in [1.807, 2.05) is 25.1 Å². The lowest BCUT2D eigenvalue weighted by atomic mass is 10.2. The molecule has 0 spiro atoms. The average Bonchev–Trinajstić information content (AvgIpc) is 2.21. The number of aromatic nitrogens is 2. The lowest BCUT2D eigenvalue weighted by molar-refractivity contribution is 0.459. The summed E-state index contributed by atoms with van der Waals surface area (Å²) in [6.07, 6.45) is 0. The quantitative estimate of drug-likeness (QED) is 0.775. The van der Waals surface area contributed by atoms with Crippen LogP contribution in [0.1, 0.15) is 11.4 Å². The third-order valence-corrected chi connectivity index (χ3v) is 2.79. The summed E-state index contributed by atoms with van der Waals surface area (Å²) in [5.74, 6) is 1.69. The molecule has 0 aliphatic rings. The van der Waals surface area contributed by atoms with Crippen molar-refractivity contribution in [1.82, 2.24) is 9.97 Å². The van der Waals surface area contributed by atoms with E-state index in [0.717, 1.165) is 5.56 Å². The highest BCUT2D eigenvalue weighted by molar-refractivity contribution is 9.10. The van der Waals surface area contributed by atoms with Crippen molar-refractivity contribution >= 4 is 27.5 Å². The van der Waals surface area contributed by atoms with Gasteiger partial charge in [0, 0.05) is 6.07 Å². The SMILES string of the molecule is Cc1ccc(Oc2cc(Br)nc(C)n2)c(Cl)c1. The molecule has 0 N–H and O–H groups in total. The first kappa shape index (κ1) is 12.3. The predicted octanol–water partition coefficient (Wildman–Crippen LogP) is 4.30. The molecule has 17 heavy (non-hydrogen) atoms. The minimum absolute atomic E-state index is 0.468. The van der Waals surface area contributed by atoms with Crippen molar-refractivity contribution < 1.29 is 4.74 Å². The molecule has 0 unspecified atom stereocenters. The van der Waals surface area contributed by atoms with E-state index in [-0.39, 0.29) is 0 Å². The van der Waals surface area contributed by atoms with Crippen LogP contribution in [0.2, 0.25) is 5.02 Å². The van der Waals surface area contributed by atoms with Crippen molar-refractivity contribution in [3.63, 3.8) is 0 Å². The Hall–Kier alpha value is -1.13. The lowest BCUT2D eigenvalue weighted by Gasteiger charge is -2.07. The highest BCUT2D eigenvalue weighted by Crippen LogP contribution is 2.29. The van der Waals surface area contributed by atoms with E-state index in [2.05, 4.69) is 25.9 Å². The molecule has 0 amide bonds. The van der Waals surface area contributed by atoms with Crippen LogP contribution in [-0.2, 0) is 0 Å².